The van der Waals surface area contributed by atoms with E-state index in [4.69, 9.17) is 4.74 Å². The Balaban J connectivity index is 1.71. The van der Waals surface area contributed by atoms with Gasteiger partial charge in [0, 0.05) is 23.7 Å². The Hall–Kier alpha value is -2.04. The molecular weight excluding hydrogens is 245 g/mol. The zero-order valence-electron chi connectivity index (χ0n) is 10.3. The summed E-state index contributed by atoms with van der Waals surface area (Å²) in [4.78, 5) is 12.4. The SMILES string of the molecule is [CH2]c1cccc(-c2cnc(OCC3(F)CC3)nc2)n1. The molecule has 0 unspecified atom stereocenters. The third kappa shape index (κ3) is 2.86. The van der Waals surface area contributed by atoms with Gasteiger partial charge in [0.25, 0.3) is 0 Å². The van der Waals surface area contributed by atoms with Crippen molar-refractivity contribution in [3.8, 4) is 17.3 Å². The van der Waals surface area contributed by atoms with Crippen LogP contribution in [0.15, 0.2) is 30.6 Å². The van der Waals surface area contributed by atoms with Gasteiger partial charge in [-0.25, -0.2) is 14.4 Å². The number of halogens is 1. The van der Waals surface area contributed by atoms with Gasteiger partial charge in [-0.1, -0.05) is 6.07 Å². The van der Waals surface area contributed by atoms with Crippen molar-refractivity contribution in [2.75, 3.05) is 6.61 Å². The fraction of sp³-hybridized carbons (Fsp3) is 0.286. The molecular formula is C14H13FN3O. The van der Waals surface area contributed by atoms with E-state index in [0.29, 0.717) is 18.5 Å². The van der Waals surface area contributed by atoms with Crippen molar-refractivity contribution in [1.82, 2.24) is 15.0 Å². The lowest BCUT2D eigenvalue weighted by molar-refractivity contribution is 0.167. The van der Waals surface area contributed by atoms with Gasteiger partial charge in [0.15, 0.2) is 0 Å². The minimum atomic E-state index is -1.16. The maximum atomic E-state index is 13.4. The van der Waals surface area contributed by atoms with Crippen LogP contribution in [0.4, 0.5) is 4.39 Å². The van der Waals surface area contributed by atoms with Gasteiger partial charge in [0.1, 0.15) is 12.3 Å². The van der Waals surface area contributed by atoms with Crippen molar-refractivity contribution in [3.05, 3.63) is 43.2 Å². The number of ether oxygens (including phenoxy) is 1. The molecule has 1 radical (unpaired) electrons. The molecule has 0 N–H and O–H groups in total. The van der Waals surface area contributed by atoms with Gasteiger partial charge in [-0.2, -0.15) is 0 Å². The predicted octanol–water partition coefficient (Wildman–Crippen LogP) is 2.60. The smallest absolute Gasteiger partial charge is 0.316 e. The average Bonchev–Trinajstić information content (AvgIpc) is 3.16. The molecule has 5 heteroatoms. The zero-order chi connectivity index (χ0) is 13.3. The summed E-state index contributed by atoms with van der Waals surface area (Å²) in [6, 6.07) is 5.74. The van der Waals surface area contributed by atoms with E-state index < -0.39 is 5.67 Å². The van der Waals surface area contributed by atoms with E-state index in [0.717, 1.165) is 11.3 Å². The zero-order valence-corrected chi connectivity index (χ0v) is 10.3. The van der Waals surface area contributed by atoms with Crippen molar-refractivity contribution >= 4 is 0 Å². The molecule has 2 aromatic rings. The third-order valence-corrected chi connectivity index (χ3v) is 2.98. The van der Waals surface area contributed by atoms with Gasteiger partial charge in [-0.05, 0) is 31.9 Å². The van der Waals surface area contributed by atoms with Crippen LogP contribution in [-0.2, 0) is 0 Å². The molecule has 0 saturated heterocycles. The lowest BCUT2D eigenvalue weighted by atomic mass is 10.2. The highest BCUT2D eigenvalue weighted by Crippen LogP contribution is 2.39. The Morgan fingerprint density at radius 2 is 2.00 bits per heavy atom. The number of alkyl halides is 1. The number of rotatable bonds is 4. The maximum absolute atomic E-state index is 13.4. The number of hydrogen-bond donors (Lipinski definition) is 0. The number of hydrogen-bond acceptors (Lipinski definition) is 4. The standard InChI is InChI=1S/C14H13FN3O/c1-10-3-2-4-12(18-10)11-7-16-13(17-8-11)19-9-14(15)5-6-14/h2-4,7-8H,1,5-6,9H2. The molecule has 19 heavy (non-hydrogen) atoms. The van der Waals surface area contributed by atoms with Crippen molar-refractivity contribution < 1.29 is 9.13 Å². The number of aromatic nitrogens is 3. The molecule has 0 amide bonds. The Morgan fingerprint density at radius 3 is 2.63 bits per heavy atom. The Labute approximate surface area is 110 Å². The summed E-state index contributed by atoms with van der Waals surface area (Å²) in [5.41, 5.74) is 1.06. The molecule has 3 rings (SSSR count). The Kier molecular flexibility index (Phi) is 2.89. The van der Waals surface area contributed by atoms with Crippen LogP contribution >= 0.6 is 0 Å². The molecule has 2 heterocycles. The monoisotopic (exact) mass is 258 g/mol. The summed E-state index contributed by atoms with van der Waals surface area (Å²) in [5, 5.41) is 0. The molecule has 1 aliphatic rings. The highest BCUT2D eigenvalue weighted by atomic mass is 19.1. The second kappa shape index (κ2) is 4.57. The van der Waals surface area contributed by atoms with Crippen LogP contribution in [0.3, 0.4) is 0 Å². The second-order valence-electron chi connectivity index (χ2n) is 4.71. The van der Waals surface area contributed by atoms with Crippen molar-refractivity contribution in [1.29, 1.82) is 0 Å². The Bertz CT molecular complexity index is 581. The van der Waals surface area contributed by atoms with E-state index >= 15 is 0 Å². The van der Waals surface area contributed by atoms with Gasteiger partial charge in [-0.3, -0.25) is 4.98 Å². The largest absolute Gasteiger partial charge is 0.460 e. The van der Waals surface area contributed by atoms with E-state index in [-0.39, 0.29) is 12.6 Å². The van der Waals surface area contributed by atoms with Crippen LogP contribution in [0.5, 0.6) is 6.01 Å². The van der Waals surface area contributed by atoms with Crippen LogP contribution in [0.1, 0.15) is 18.5 Å². The van der Waals surface area contributed by atoms with E-state index in [2.05, 4.69) is 21.9 Å². The molecule has 4 nitrogen and oxygen atoms in total. The molecule has 1 saturated carbocycles. The quantitative estimate of drug-likeness (QED) is 0.845. The molecule has 1 aliphatic carbocycles. The fourth-order valence-electron chi connectivity index (χ4n) is 1.64. The minimum absolute atomic E-state index is 0.0267. The van der Waals surface area contributed by atoms with E-state index in [1.54, 1.807) is 12.4 Å². The molecule has 1 fully saturated rings. The summed E-state index contributed by atoms with van der Waals surface area (Å²) >= 11 is 0. The highest BCUT2D eigenvalue weighted by Gasteiger charge is 2.44. The summed E-state index contributed by atoms with van der Waals surface area (Å²) in [6.45, 7) is 3.80. The molecule has 0 bridgehead atoms. The van der Waals surface area contributed by atoms with Crippen molar-refractivity contribution in [2.24, 2.45) is 0 Å². The van der Waals surface area contributed by atoms with Gasteiger partial charge in [0.05, 0.1) is 5.69 Å². The summed E-state index contributed by atoms with van der Waals surface area (Å²) in [5.74, 6) is 0. The van der Waals surface area contributed by atoms with Crippen LogP contribution in [-0.4, -0.2) is 27.2 Å². The number of nitrogens with zero attached hydrogens (tertiary/aromatic N) is 3. The third-order valence-electron chi connectivity index (χ3n) is 2.98. The first-order valence-corrected chi connectivity index (χ1v) is 6.08. The topological polar surface area (TPSA) is 47.9 Å². The predicted molar refractivity (Wildman–Crippen MR) is 68.3 cm³/mol. The van der Waals surface area contributed by atoms with E-state index in [9.17, 15) is 4.39 Å². The maximum Gasteiger partial charge on any atom is 0.316 e. The molecule has 0 aliphatic heterocycles. The van der Waals surface area contributed by atoms with Crippen LogP contribution in [0.25, 0.3) is 11.3 Å². The normalized spacial score (nSPS) is 16.1. The molecule has 97 valence electrons. The molecule has 0 spiro atoms. The highest BCUT2D eigenvalue weighted by molar-refractivity contribution is 5.56. The van der Waals surface area contributed by atoms with Gasteiger partial charge in [0.2, 0.25) is 0 Å². The van der Waals surface area contributed by atoms with Crippen LogP contribution in [0.2, 0.25) is 0 Å². The van der Waals surface area contributed by atoms with Crippen LogP contribution < -0.4 is 4.74 Å². The van der Waals surface area contributed by atoms with Crippen molar-refractivity contribution in [3.63, 3.8) is 0 Å². The van der Waals surface area contributed by atoms with Gasteiger partial charge >= 0.3 is 6.01 Å². The van der Waals surface area contributed by atoms with Gasteiger partial charge < -0.3 is 4.74 Å². The van der Waals surface area contributed by atoms with E-state index in [1.165, 1.54) is 0 Å². The first-order valence-electron chi connectivity index (χ1n) is 6.08. The first kappa shape index (κ1) is 12.0. The summed E-state index contributed by atoms with van der Waals surface area (Å²) < 4.78 is 18.6. The fourth-order valence-corrected chi connectivity index (χ4v) is 1.64. The average molecular weight is 258 g/mol. The minimum Gasteiger partial charge on any atom is -0.460 e. The number of pyridine rings is 1. The van der Waals surface area contributed by atoms with Gasteiger partial charge in [-0.15, -0.1) is 0 Å². The Morgan fingerprint density at radius 1 is 1.26 bits per heavy atom. The van der Waals surface area contributed by atoms with Crippen LogP contribution in [0, 0.1) is 6.92 Å². The molecule has 2 aromatic heterocycles. The lowest BCUT2D eigenvalue weighted by Crippen LogP contribution is -2.14. The molecule has 0 atom stereocenters. The first-order chi connectivity index (χ1) is 9.15. The van der Waals surface area contributed by atoms with Crippen molar-refractivity contribution in [2.45, 2.75) is 18.5 Å². The lowest BCUT2D eigenvalue weighted by Gasteiger charge is -2.07. The molecule has 0 aromatic carbocycles. The summed E-state index contributed by atoms with van der Waals surface area (Å²) in [7, 11) is 0. The summed E-state index contributed by atoms with van der Waals surface area (Å²) in [6.07, 6.45) is 4.35. The second-order valence-corrected chi connectivity index (χ2v) is 4.71. The van der Waals surface area contributed by atoms with E-state index in [1.807, 2.05) is 18.2 Å².